The molecule has 1 fully saturated rings. The molecule has 144 valence electrons. The number of rotatable bonds is 7. The van der Waals surface area contributed by atoms with E-state index in [9.17, 15) is 4.79 Å². The van der Waals surface area contributed by atoms with E-state index in [0.29, 0.717) is 13.1 Å². The van der Waals surface area contributed by atoms with Crippen LogP contribution >= 0.6 is 12.4 Å². The van der Waals surface area contributed by atoms with Crippen molar-refractivity contribution in [3.63, 3.8) is 0 Å². The summed E-state index contributed by atoms with van der Waals surface area (Å²) in [5.41, 5.74) is 2.46. The second kappa shape index (κ2) is 11.4. The van der Waals surface area contributed by atoms with Gasteiger partial charge in [0.2, 0.25) is 5.91 Å². The van der Waals surface area contributed by atoms with Gasteiger partial charge in [-0.15, -0.1) is 12.4 Å². The lowest BCUT2D eigenvalue weighted by molar-refractivity contribution is -0.122. The summed E-state index contributed by atoms with van der Waals surface area (Å²) in [5.74, 6) is 0.0990. The lowest BCUT2D eigenvalue weighted by Gasteiger charge is -2.33. The molecule has 5 heteroatoms. The number of benzene rings is 2. The number of hydrogen-bond donors (Lipinski definition) is 1. The molecule has 27 heavy (non-hydrogen) atoms. The van der Waals surface area contributed by atoms with Crippen molar-refractivity contribution >= 4 is 18.3 Å². The molecule has 1 aliphatic rings. The third-order valence-corrected chi connectivity index (χ3v) is 4.62. The number of piperazine rings is 1. The Morgan fingerprint density at radius 1 is 0.889 bits per heavy atom. The van der Waals surface area contributed by atoms with Gasteiger partial charge in [-0.05, 0) is 23.7 Å². The topological polar surface area (TPSA) is 35.6 Å². The highest BCUT2D eigenvalue weighted by atomic mass is 35.5. The van der Waals surface area contributed by atoms with E-state index in [1.165, 1.54) is 5.56 Å². The van der Waals surface area contributed by atoms with Crippen molar-refractivity contribution in [2.75, 3.05) is 32.7 Å². The maximum atomic E-state index is 12.1. The Hall–Kier alpha value is -2.30. The van der Waals surface area contributed by atoms with Gasteiger partial charge in [0, 0.05) is 32.7 Å². The maximum Gasteiger partial charge on any atom is 0.234 e. The average Bonchev–Trinajstić information content (AvgIpc) is 2.69. The molecule has 2 aromatic rings. The molecule has 1 heterocycles. The first-order chi connectivity index (χ1) is 12.8. The van der Waals surface area contributed by atoms with Crippen LogP contribution < -0.4 is 5.32 Å². The number of amides is 1. The first kappa shape index (κ1) is 21.0. The molecule has 0 unspecified atom stereocenters. The summed E-state index contributed by atoms with van der Waals surface area (Å²) in [5, 5.41) is 3.00. The van der Waals surface area contributed by atoms with Gasteiger partial charge in [-0.25, -0.2) is 0 Å². The van der Waals surface area contributed by atoms with E-state index in [4.69, 9.17) is 0 Å². The second-order valence-electron chi connectivity index (χ2n) is 6.65. The van der Waals surface area contributed by atoms with Crippen LogP contribution in [0.15, 0.2) is 72.9 Å². The van der Waals surface area contributed by atoms with Crippen LogP contribution in [-0.4, -0.2) is 48.4 Å². The maximum absolute atomic E-state index is 12.1. The highest BCUT2D eigenvalue weighted by molar-refractivity contribution is 5.85. The molecule has 0 saturated carbocycles. The highest BCUT2D eigenvalue weighted by Gasteiger charge is 2.16. The number of nitrogens with one attached hydrogen (secondary N) is 1. The van der Waals surface area contributed by atoms with Crippen molar-refractivity contribution < 1.29 is 4.79 Å². The van der Waals surface area contributed by atoms with E-state index < -0.39 is 0 Å². The summed E-state index contributed by atoms with van der Waals surface area (Å²) in [6.07, 6.45) is 5.38. The molecular formula is C22H28ClN3O. The zero-order chi connectivity index (χ0) is 18.0. The fraction of sp³-hybridized carbons (Fsp3) is 0.318. The summed E-state index contributed by atoms with van der Waals surface area (Å²) in [6.45, 7) is 4.87. The normalized spacial score (nSPS) is 14.7. The minimum atomic E-state index is 0. The summed E-state index contributed by atoms with van der Waals surface area (Å²) in [7, 11) is 0. The smallest absolute Gasteiger partial charge is 0.234 e. The van der Waals surface area contributed by atoms with Gasteiger partial charge in [-0.1, -0.05) is 66.7 Å². The van der Waals surface area contributed by atoms with Crippen molar-refractivity contribution in [1.82, 2.24) is 15.1 Å². The van der Waals surface area contributed by atoms with Gasteiger partial charge < -0.3 is 10.2 Å². The molecule has 0 bridgehead atoms. The van der Waals surface area contributed by atoms with E-state index in [2.05, 4.69) is 51.7 Å². The van der Waals surface area contributed by atoms with Crippen molar-refractivity contribution in [3.8, 4) is 0 Å². The molecule has 2 aromatic carbocycles. The number of carbonyl (C=O) groups excluding carboxylic acids is 1. The molecule has 0 spiro atoms. The largest absolute Gasteiger partial charge is 0.375 e. The average molecular weight is 386 g/mol. The van der Waals surface area contributed by atoms with Crippen LogP contribution in [0.1, 0.15) is 11.1 Å². The molecule has 4 nitrogen and oxygen atoms in total. The van der Waals surface area contributed by atoms with Crippen LogP contribution in [0.4, 0.5) is 0 Å². The minimum absolute atomic E-state index is 0. The van der Waals surface area contributed by atoms with Gasteiger partial charge in [-0.2, -0.15) is 0 Å². The summed E-state index contributed by atoms with van der Waals surface area (Å²) in [6, 6.07) is 20.5. The van der Waals surface area contributed by atoms with Gasteiger partial charge in [-0.3, -0.25) is 9.69 Å². The number of allylic oxidation sites excluding steroid dienone is 1. The lowest BCUT2D eigenvalue weighted by atomic mass is 10.1. The molecule has 3 rings (SSSR count). The summed E-state index contributed by atoms with van der Waals surface area (Å²) in [4.78, 5) is 16.7. The first-order valence-corrected chi connectivity index (χ1v) is 9.27. The second-order valence-corrected chi connectivity index (χ2v) is 6.65. The number of hydrogen-bond acceptors (Lipinski definition) is 3. The summed E-state index contributed by atoms with van der Waals surface area (Å²) >= 11 is 0. The van der Waals surface area contributed by atoms with Crippen molar-refractivity contribution in [1.29, 1.82) is 0 Å². The van der Waals surface area contributed by atoms with Crippen LogP contribution in [-0.2, 0) is 17.8 Å². The molecule has 1 saturated heterocycles. The van der Waals surface area contributed by atoms with Gasteiger partial charge in [0.05, 0.1) is 6.54 Å². The Balaban J connectivity index is 0.00000261. The Morgan fingerprint density at radius 3 is 2.11 bits per heavy atom. The van der Waals surface area contributed by atoms with E-state index in [-0.39, 0.29) is 18.3 Å². The molecule has 0 radical (unpaired) electrons. The molecule has 0 atom stereocenters. The van der Waals surface area contributed by atoms with Crippen LogP contribution in [0.25, 0.3) is 0 Å². The van der Waals surface area contributed by atoms with E-state index in [1.54, 1.807) is 0 Å². The van der Waals surface area contributed by atoms with Crippen LogP contribution in [0.3, 0.4) is 0 Å². The predicted octanol–water partition coefficient (Wildman–Crippen LogP) is 3.10. The molecule has 1 aliphatic heterocycles. The number of carbonyl (C=O) groups is 1. The third-order valence-electron chi connectivity index (χ3n) is 4.62. The van der Waals surface area contributed by atoms with Gasteiger partial charge in [0.15, 0.2) is 0 Å². The predicted molar refractivity (Wildman–Crippen MR) is 113 cm³/mol. The zero-order valence-corrected chi connectivity index (χ0v) is 16.4. The van der Waals surface area contributed by atoms with Crippen LogP contribution in [0, 0.1) is 0 Å². The van der Waals surface area contributed by atoms with Crippen molar-refractivity contribution in [3.05, 3.63) is 84.1 Å². The van der Waals surface area contributed by atoms with Crippen molar-refractivity contribution in [2.24, 2.45) is 0 Å². The van der Waals surface area contributed by atoms with E-state index >= 15 is 0 Å². The quantitative estimate of drug-likeness (QED) is 0.795. The van der Waals surface area contributed by atoms with Gasteiger partial charge >= 0.3 is 0 Å². The Bertz CT molecular complexity index is 698. The fourth-order valence-corrected chi connectivity index (χ4v) is 3.08. The molecule has 0 aromatic heterocycles. The van der Waals surface area contributed by atoms with Crippen molar-refractivity contribution in [2.45, 2.75) is 13.0 Å². The SMILES string of the molecule is Cl.O=C(CN1CCN(C=CCc2ccccc2)CC1)NCc1ccccc1. The van der Waals surface area contributed by atoms with Gasteiger partial charge in [0.25, 0.3) is 0 Å². The Morgan fingerprint density at radius 2 is 1.48 bits per heavy atom. The summed E-state index contributed by atoms with van der Waals surface area (Å²) < 4.78 is 0. The minimum Gasteiger partial charge on any atom is -0.375 e. The lowest BCUT2D eigenvalue weighted by Crippen LogP contribution is -2.47. The molecule has 0 aliphatic carbocycles. The standard InChI is InChI=1S/C22H27N3O.ClH/c26-22(23-18-21-10-5-2-6-11-21)19-25-16-14-24(15-17-25)13-7-12-20-8-3-1-4-9-20;/h1-11,13H,12,14-19H2,(H,23,26);1H. The Labute approximate surface area is 168 Å². The monoisotopic (exact) mass is 385 g/mol. The van der Waals surface area contributed by atoms with E-state index in [1.807, 2.05) is 36.4 Å². The van der Waals surface area contributed by atoms with Crippen LogP contribution in [0.2, 0.25) is 0 Å². The first-order valence-electron chi connectivity index (χ1n) is 9.27. The highest BCUT2D eigenvalue weighted by Crippen LogP contribution is 2.05. The zero-order valence-electron chi connectivity index (χ0n) is 15.6. The molecular weight excluding hydrogens is 358 g/mol. The molecule has 1 N–H and O–H groups in total. The van der Waals surface area contributed by atoms with Crippen LogP contribution in [0.5, 0.6) is 0 Å². The van der Waals surface area contributed by atoms with Gasteiger partial charge in [0.1, 0.15) is 0 Å². The third kappa shape index (κ3) is 7.45. The van der Waals surface area contributed by atoms with E-state index in [0.717, 1.165) is 38.2 Å². The Kier molecular flexibility index (Phi) is 8.89. The number of halogens is 1. The molecule has 1 amide bonds. The number of nitrogens with zero attached hydrogens (tertiary/aromatic N) is 2. The fourth-order valence-electron chi connectivity index (χ4n) is 3.08.